The molecule has 3 rings (SSSR count). The highest BCUT2D eigenvalue weighted by Gasteiger charge is 2.41. The molecule has 1 aliphatic heterocycles. The molecule has 6 nitrogen and oxygen atoms in total. The molecule has 0 radical (unpaired) electrons. The lowest BCUT2D eigenvalue weighted by Crippen LogP contribution is -2.54. The SMILES string of the molecule is C=CCNC(=O)CN1CCN(C(=O)C2CC3CCCC(C2)C3N)CC1.Cl.Cl. The number of carbonyl (C=O) groups excluding carboxylic acids is 2. The molecule has 0 aromatic carbocycles. The normalized spacial score (nSPS) is 30.5. The standard InChI is InChI=1S/C19H32N4O2.2ClH/c1-2-6-21-17(24)13-22-7-9-23(10-8-22)19(25)16-11-14-4-3-5-15(12-16)18(14)20;;/h2,14-16,18H,1,3-13,20H2,(H,21,24);2*1H. The van der Waals surface area contributed by atoms with Crippen LogP contribution in [0.15, 0.2) is 12.7 Å². The van der Waals surface area contributed by atoms with E-state index in [0.717, 1.165) is 39.0 Å². The number of carbonyl (C=O) groups is 2. The van der Waals surface area contributed by atoms with Gasteiger partial charge < -0.3 is 16.0 Å². The predicted octanol–water partition coefficient (Wildman–Crippen LogP) is 1.43. The first-order chi connectivity index (χ1) is 12.1. The Kier molecular flexibility index (Phi) is 10.1. The summed E-state index contributed by atoms with van der Waals surface area (Å²) in [5, 5.41) is 2.80. The highest BCUT2D eigenvalue weighted by Crippen LogP contribution is 2.42. The van der Waals surface area contributed by atoms with Gasteiger partial charge >= 0.3 is 0 Å². The zero-order chi connectivity index (χ0) is 17.8. The number of nitrogens with zero attached hydrogens (tertiary/aromatic N) is 2. The molecule has 3 fully saturated rings. The number of piperazine rings is 1. The molecule has 0 spiro atoms. The minimum Gasteiger partial charge on any atom is -0.352 e. The molecule has 2 unspecified atom stereocenters. The summed E-state index contributed by atoms with van der Waals surface area (Å²) >= 11 is 0. The lowest BCUT2D eigenvalue weighted by atomic mass is 9.65. The van der Waals surface area contributed by atoms with Crippen LogP contribution in [0.4, 0.5) is 0 Å². The third kappa shape index (κ3) is 6.08. The monoisotopic (exact) mass is 420 g/mol. The Labute approximate surface area is 175 Å². The molecule has 156 valence electrons. The van der Waals surface area contributed by atoms with Crippen LogP contribution in [0.1, 0.15) is 32.1 Å². The molecule has 27 heavy (non-hydrogen) atoms. The number of hydrogen-bond donors (Lipinski definition) is 2. The lowest BCUT2D eigenvalue weighted by Gasteiger charge is -2.45. The van der Waals surface area contributed by atoms with Gasteiger partial charge in [-0.05, 0) is 37.5 Å². The predicted molar refractivity (Wildman–Crippen MR) is 112 cm³/mol. The summed E-state index contributed by atoms with van der Waals surface area (Å²) in [5.74, 6) is 1.58. The molecule has 8 heteroatoms. The smallest absolute Gasteiger partial charge is 0.234 e. The molecule has 3 aliphatic rings. The molecule has 2 atom stereocenters. The summed E-state index contributed by atoms with van der Waals surface area (Å²) in [6.45, 7) is 7.50. The van der Waals surface area contributed by atoms with E-state index >= 15 is 0 Å². The molecule has 2 saturated carbocycles. The molecule has 3 N–H and O–H groups in total. The highest BCUT2D eigenvalue weighted by molar-refractivity contribution is 5.85. The Morgan fingerprint density at radius 3 is 2.22 bits per heavy atom. The van der Waals surface area contributed by atoms with Crippen molar-refractivity contribution in [3.05, 3.63) is 12.7 Å². The van der Waals surface area contributed by atoms with E-state index in [1.807, 2.05) is 4.90 Å². The third-order valence-electron chi connectivity index (χ3n) is 6.26. The Hall–Kier alpha value is -0.820. The number of hydrogen-bond acceptors (Lipinski definition) is 4. The van der Waals surface area contributed by atoms with E-state index in [4.69, 9.17) is 5.73 Å². The molecule has 2 aliphatic carbocycles. The Morgan fingerprint density at radius 1 is 1.07 bits per heavy atom. The minimum atomic E-state index is 0. The maximum Gasteiger partial charge on any atom is 0.234 e. The highest BCUT2D eigenvalue weighted by atomic mass is 35.5. The maximum atomic E-state index is 12.9. The second-order valence-electron chi connectivity index (χ2n) is 7.89. The largest absolute Gasteiger partial charge is 0.352 e. The van der Waals surface area contributed by atoms with E-state index in [2.05, 4.69) is 16.8 Å². The number of nitrogens with one attached hydrogen (secondary N) is 1. The van der Waals surface area contributed by atoms with Gasteiger partial charge in [0.05, 0.1) is 6.54 Å². The van der Waals surface area contributed by atoms with E-state index in [9.17, 15) is 9.59 Å². The van der Waals surface area contributed by atoms with Crippen molar-refractivity contribution in [2.24, 2.45) is 23.5 Å². The molecular weight excluding hydrogens is 387 g/mol. The number of fused-ring (bicyclic) bond motifs is 2. The van der Waals surface area contributed by atoms with Gasteiger partial charge in [0.2, 0.25) is 11.8 Å². The van der Waals surface area contributed by atoms with Crippen molar-refractivity contribution >= 4 is 36.6 Å². The summed E-state index contributed by atoms with van der Waals surface area (Å²) in [6.07, 6.45) is 7.28. The summed E-state index contributed by atoms with van der Waals surface area (Å²) < 4.78 is 0. The number of halogens is 2. The Balaban J connectivity index is 0.00000182. The van der Waals surface area contributed by atoms with Crippen LogP contribution < -0.4 is 11.1 Å². The van der Waals surface area contributed by atoms with Crippen molar-refractivity contribution in [3.63, 3.8) is 0 Å². The van der Waals surface area contributed by atoms with Gasteiger partial charge in [-0.1, -0.05) is 12.5 Å². The third-order valence-corrected chi connectivity index (χ3v) is 6.26. The van der Waals surface area contributed by atoms with Crippen LogP contribution >= 0.6 is 24.8 Å². The van der Waals surface area contributed by atoms with Gasteiger partial charge in [0.15, 0.2) is 0 Å². The number of rotatable bonds is 5. The van der Waals surface area contributed by atoms with E-state index in [-0.39, 0.29) is 36.6 Å². The lowest BCUT2D eigenvalue weighted by molar-refractivity contribution is -0.140. The van der Waals surface area contributed by atoms with Gasteiger partial charge in [0.1, 0.15) is 0 Å². The van der Waals surface area contributed by atoms with Crippen LogP contribution in [-0.2, 0) is 9.59 Å². The quantitative estimate of drug-likeness (QED) is 0.659. The Morgan fingerprint density at radius 2 is 1.67 bits per heavy atom. The van der Waals surface area contributed by atoms with E-state index in [0.29, 0.717) is 36.9 Å². The molecule has 1 heterocycles. The summed E-state index contributed by atoms with van der Waals surface area (Å²) in [6, 6.07) is 0.309. The van der Waals surface area contributed by atoms with E-state index < -0.39 is 0 Å². The van der Waals surface area contributed by atoms with Crippen LogP contribution in [0.2, 0.25) is 0 Å². The van der Waals surface area contributed by atoms with Crippen LogP contribution in [0.3, 0.4) is 0 Å². The fraction of sp³-hybridized carbons (Fsp3) is 0.789. The number of amides is 2. The minimum absolute atomic E-state index is 0. The van der Waals surface area contributed by atoms with Gasteiger partial charge in [-0.25, -0.2) is 0 Å². The van der Waals surface area contributed by atoms with Crippen molar-refractivity contribution in [2.75, 3.05) is 39.3 Å². The summed E-state index contributed by atoms with van der Waals surface area (Å²) in [7, 11) is 0. The van der Waals surface area contributed by atoms with Gasteiger partial charge in [-0.3, -0.25) is 14.5 Å². The second kappa shape index (κ2) is 11.2. The average Bonchev–Trinajstić information content (AvgIpc) is 2.60. The van der Waals surface area contributed by atoms with Crippen molar-refractivity contribution in [2.45, 2.75) is 38.1 Å². The van der Waals surface area contributed by atoms with Crippen molar-refractivity contribution in [1.82, 2.24) is 15.1 Å². The van der Waals surface area contributed by atoms with Crippen LogP contribution in [0.25, 0.3) is 0 Å². The fourth-order valence-electron chi connectivity index (χ4n) is 4.82. The van der Waals surface area contributed by atoms with Gasteiger partial charge in [-0.2, -0.15) is 0 Å². The first-order valence-electron chi connectivity index (χ1n) is 9.72. The van der Waals surface area contributed by atoms with Crippen molar-refractivity contribution < 1.29 is 9.59 Å². The zero-order valence-corrected chi connectivity index (χ0v) is 17.6. The molecule has 2 amide bonds. The van der Waals surface area contributed by atoms with Crippen molar-refractivity contribution in [3.8, 4) is 0 Å². The topological polar surface area (TPSA) is 78.7 Å². The van der Waals surface area contributed by atoms with Crippen LogP contribution in [-0.4, -0.2) is 66.9 Å². The van der Waals surface area contributed by atoms with Gasteiger partial charge in [0, 0.05) is 44.7 Å². The zero-order valence-electron chi connectivity index (χ0n) is 16.0. The fourth-order valence-corrected chi connectivity index (χ4v) is 4.82. The second-order valence-corrected chi connectivity index (χ2v) is 7.89. The molecule has 1 saturated heterocycles. The molecule has 2 bridgehead atoms. The van der Waals surface area contributed by atoms with E-state index in [1.54, 1.807) is 6.08 Å². The van der Waals surface area contributed by atoms with E-state index in [1.165, 1.54) is 19.3 Å². The van der Waals surface area contributed by atoms with Gasteiger partial charge in [-0.15, -0.1) is 31.4 Å². The van der Waals surface area contributed by atoms with Crippen LogP contribution in [0, 0.1) is 17.8 Å². The number of nitrogens with two attached hydrogens (primary N) is 1. The summed E-state index contributed by atoms with van der Waals surface area (Å²) in [5.41, 5.74) is 6.35. The van der Waals surface area contributed by atoms with Gasteiger partial charge in [0.25, 0.3) is 0 Å². The summed E-state index contributed by atoms with van der Waals surface area (Å²) in [4.78, 5) is 28.8. The first kappa shape index (κ1) is 24.2. The van der Waals surface area contributed by atoms with Crippen molar-refractivity contribution in [1.29, 1.82) is 0 Å². The van der Waals surface area contributed by atoms with Crippen LogP contribution in [0.5, 0.6) is 0 Å². The molecular formula is C19H34Cl2N4O2. The first-order valence-corrected chi connectivity index (χ1v) is 9.72. The Bertz CT molecular complexity index is 498. The maximum absolute atomic E-state index is 12.9. The molecule has 0 aromatic heterocycles. The average molecular weight is 421 g/mol. The molecule has 0 aromatic rings.